The molecule has 1 atom stereocenters. The summed E-state index contributed by atoms with van der Waals surface area (Å²) in [5, 5.41) is 3.02. The Labute approximate surface area is 169 Å². The van der Waals surface area contributed by atoms with Gasteiger partial charge in [0.15, 0.2) is 0 Å². The maximum atomic E-state index is 12.7. The average molecular weight is 389 g/mol. The van der Waals surface area contributed by atoms with Gasteiger partial charge >= 0.3 is 0 Å². The Morgan fingerprint density at radius 2 is 1.93 bits per heavy atom. The Kier molecular flexibility index (Phi) is 7.74. The smallest absolute Gasteiger partial charge is 0.256 e. The maximum Gasteiger partial charge on any atom is 0.256 e. The van der Waals surface area contributed by atoms with Crippen molar-refractivity contribution in [3.8, 4) is 5.75 Å². The van der Waals surface area contributed by atoms with Gasteiger partial charge in [-0.25, -0.2) is 0 Å². The van der Waals surface area contributed by atoms with Crippen LogP contribution in [0.2, 0.25) is 0 Å². The normalized spacial score (nSPS) is 22.6. The van der Waals surface area contributed by atoms with E-state index < -0.39 is 5.60 Å². The quantitative estimate of drug-likeness (QED) is 0.667. The Morgan fingerprint density at radius 1 is 1.18 bits per heavy atom. The number of piperidine rings is 1. The molecule has 0 unspecified atom stereocenters. The number of carbonyl (C=O) groups is 1. The zero-order valence-corrected chi connectivity index (χ0v) is 17.5. The number of carbonyl (C=O) groups excluding carboxylic acids is 1. The molecule has 28 heavy (non-hydrogen) atoms. The van der Waals surface area contributed by atoms with Crippen LogP contribution < -0.4 is 10.1 Å². The fourth-order valence-corrected chi connectivity index (χ4v) is 4.49. The van der Waals surface area contributed by atoms with Crippen LogP contribution in [0, 0.1) is 5.92 Å². The highest BCUT2D eigenvalue weighted by Gasteiger charge is 2.39. The van der Waals surface area contributed by atoms with Gasteiger partial charge in [0.2, 0.25) is 0 Å². The predicted molar refractivity (Wildman–Crippen MR) is 113 cm³/mol. The summed E-state index contributed by atoms with van der Waals surface area (Å²) in [6.45, 7) is 6.62. The molecule has 3 rings (SSSR count). The van der Waals surface area contributed by atoms with Crippen molar-refractivity contribution in [3.05, 3.63) is 24.3 Å². The molecule has 5 heteroatoms. The molecule has 1 N–H and O–H groups in total. The van der Waals surface area contributed by atoms with Gasteiger partial charge in [0.1, 0.15) is 11.4 Å². The molecule has 1 aliphatic carbocycles. The Bertz CT molecular complexity index is 611. The molecule has 1 saturated carbocycles. The van der Waals surface area contributed by atoms with Gasteiger partial charge in [-0.05, 0) is 68.8 Å². The van der Waals surface area contributed by atoms with Gasteiger partial charge in [-0.2, -0.15) is 0 Å². The van der Waals surface area contributed by atoms with Gasteiger partial charge < -0.3 is 19.7 Å². The number of hydrogen-bond acceptors (Lipinski definition) is 4. The molecule has 0 radical (unpaired) electrons. The average Bonchev–Trinajstić information content (AvgIpc) is 2.73. The van der Waals surface area contributed by atoms with E-state index in [9.17, 15) is 4.79 Å². The monoisotopic (exact) mass is 388 g/mol. The van der Waals surface area contributed by atoms with Crippen molar-refractivity contribution in [2.24, 2.45) is 5.92 Å². The highest BCUT2D eigenvalue weighted by molar-refractivity contribution is 5.97. The first kappa shape index (κ1) is 21.1. The van der Waals surface area contributed by atoms with Crippen LogP contribution in [0.4, 0.5) is 5.69 Å². The highest BCUT2D eigenvalue weighted by Crippen LogP contribution is 2.32. The Morgan fingerprint density at radius 3 is 2.61 bits per heavy atom. The summed E-state index contributed by atoms with van der Waals surface area (Å²) in [5.74, 6) is 1.64. The van der Waals surface area contributed by atoms with E-state index in [4.69, 9.17) is 9.47 Å². The van der Waals surface area contributed by atoms with E-state index in [1.165, 1.54) is 32.4 Å². The summed E-state index contributed by atoms with van der Waals surface area (Å²) in [7, 11) is 1.65. The van der Waals surface area contributed by atoms with Gasteiger partial charge in [-0.15, -0.1) is 0 Å². The molecule has 2 fully saturated rings. The van der Waals surface area contributed by atoms with Crippen molar-refractivity contribution in [2.75, 3.05) is 38.7 Å². The summed E-state index contributed by atoms with van der Waals surface area (Å²) in [6, 6.07) is 7.68. The second kappa shape index (κ2) is 10.3. The lowest BCUT2D eigenvalue weighted by Crippen LogP contribution is -2.46. The molecule has 1 aliphatic heterocycles. The first-order valence-electron chi connectivity index (χ1n) is 10.9. The van der Waals surface area contributed by atoms with Crippen LogP contribution in [0.1, 0.15) is 58.3 Å². The Balaban J connectivity index is 1.41. The SMILES string of the molecule is COC1(C(=O)Nc2ccc(OCCCN3CCC[C@@H](C)C3)cc2)CCCCC1. The molecule has 1 aromatic carbocycles. The standard InChI is InChI=1S/C23H36N2O3/c1-19-8-6-15-25(18-19)16-7-17-28-21-11-9-20(10-12-21)24-22(26)23(27-2)13-4-3-5-14-23/h9-12,19H,3-8,13-18H2,1-2H3,(H,24,26)/t19-/m1/s1. The first-order valence-corrected chi connectivity index (χ1v) is 10.9. The van der Waals surface area contributed by atoms with E-state index in [-0.39, 0.29) is 5.91 Å². The van der Waals surface area contributed by atoms with Crippen molar-refractivity contribution in [2.45, 2.75) is 63.9 Å². The van der Waals surface area contributed by atoms with Crippen LogP contribution >= 0.6 is 0 Å². The summed E-state index contributed by atoms with van der Waals surface area (Å²) < 4.78 is 11.5. The minimum Gasteiger partial charge on any atom is -0.494 e. The van der Waals surface area contributed by atoms with Gasteiger partial charge in [-0.3, -0.25) is 4.79 Å². The summed E-state index contributed by atoms with van der Waals surface area (Å²) in [5.41, 5.74) is 0.126. The Hall–Kier alpha value is -1.59. The molecule has 1 saturated heterocycles. The van der Waals surface area contributed by atoms with Crippen molar-refractivity contribution in [1.29, 1.82) is 0 Å². The molecule has 2 aliphatic rings. The second-order valence-corrected chi connectivity index (χ2v) is 8.49. The number of methoxy groups -OCH3 is 1. The number of nitrogens with zero attached hydrogens (tertiary/aromatic N) is 1. The van der Waals surface area contributed by atoms with Crippen LogP contribution in [-0.2, 0) is 9.53 Å². The van der Waals surface area contributed by atoms with E-state index in [0.29, 0.717) is 0 Å². The molecule has 1 heterocycles. The lowest BCUT2D eigenvalue weighted by molar-refractivity contribution is -0.141. The fraction of sp³-hybridized carbons (Fsp3) is 0.696. The van der Waals surface area contributed by atoms with Crippen molar-refractivity contribution in [3.63, 3.8) is 0 Å². The van der Waals surface area contributed by atoms with Crippen LogP contribution in [0.3, 0.4) is 0 Å². The minimum atomic E-state index is -0.667. The number of rotatable bonds is 8. The topological polar surface area (TPSA) is 50.8 Å². The minimum absolute atomic E-state index is 0.0286. The van der Waals surface area contributed by atoms with Gasteiger partial charge in [0.05, 0.1) is 6.61 Å². The van der Waals surface area contributed by atoms with Crippen LogP contribution in [0.25, 0.3) is 0 Å². The van der Waals surface area contributed by atoms with Crippen molar-refractivity contribution in [1.82, 2.24) is 4.90 Å². The zero-order valence-electron chi connectivity index (χ0n) is 17.5. The first-order chi connectivity index (χ1) is 13.6. The van der Waals surface area contributed by atoms with Gasteiger partial charge in [-0.1, -0.05) is 26.2 Å². The fourth-order valence-electron chi connectivity index (χ4n) is 4.49. The molecule has 5 nitrogen and oxygen atoms in total. The summed E-state index contributed by atoms with van der Waals surface area (Å²) in [6.07, 6.45) is 8.59. The number of amides is 1. The van der Waals surface area contributed by atoms with Crippen LogP contribution in [0.15, 0.2) is 24.3 Å². The van der Waals surface area contributed by atoms with E-state index in [1.807, 2.05) is 24.3 Å². The molecule has 1 aromatic rings. The van der Waals surface area contributed by atoms with Gasteiger partial charge in [0, 0.05) is 25.9 Å². The van der Waals surface area contributed by atoms with E-state index in [0.717, 1.165) is 62.6 Å². The lowest BCUT2D eigenvalue weighted by atomic mass is 9.84. The van der Waals surface area contributed by atoms with Crippen LogP contribution in [-0.4, -0.2) is 49.8 Å². The highest BCUT2D eigenvalue weighted by atomic mass is 16.5. The van der Waals surface area contributed by atoms with E-state index in [2.05, 4.69) is 17.1 Å². The third-order valence-corrected chi connectivity index (χ3v) is 6.21. The molecule has 0 aromatic heterocycles. The molecule has 156 valence electrons. The molecule has 0 spiro atoms. The zero-order chi connectivity index (χ0) is 19.8. The number of ether oxygens (including phenoxy) is 2. The molecule has 0 bridgehead atoms. The van der Waals surface area contributed by atoms with Crippen LogP contribution in [0.5, 0.6) is 5.75 Å². The number of anilines is 1. The summed E-state index contributed by atoms with van der Waals surface area (Å²) in [4.78, 5) is 15.3. The predicted octanol–water partition coefficient (Wildman–Crippen LogP) is 4.48. The maximum absolute atomic E-state index is 12.7. The third-order valence-electron chi connectivity index (χ3n) is 6.21. The van der Waals surface area contributed by atoms with E-state index in [1.54, 1.807) is 7.11 Å². The molecular weight excluding hydrogens is 352 g/mol. The molecular formula is C23H36N2O3. The largest absolute Gasteiger partial charge is 0.494 e. The molecule has 1 amide bonds. The second-order valence-electron chi connectivity index (χ2n) is 8.49. The van der Waals surface area contributed by atoms with Crippen molar-refractivity contribution >= 4 is 11.6 Å². The number of likely N-dealkylation sites (tertiary alicyclic amines) is 1. The number of benzene rings is 1. The number of nitrogens with one attached hydrogen (secondary N) is 1. The van der Waals surface area contributed by atoms with E-state index >= 15 is 0 Å². The van der Waals surface area contributed by atoms with Crippen molar-refractivity contribution < 1.29 is 14.3 Å². The lowest BCUT2D eigenvalue weighted by Gasteiger charge is -2.34. The van der Waals surface area contributed by atoms with Gasteiger partial charge in [0.25, 0.3) is 5.91 Å². The summed E-state index contributed by atoms with van der Waals surface area (Å²) >= 11 is 0. The number of hydrogen-bond donors (Lipinski definition) is 1. The third kappa shape index (κ3) is 5.71.